The highest BCUT2D eigenvalue weighted by Gasteiger charge is 2.04. The molecule has 1 unspecified atom stereocenters. The highest BCUT2D eigenvalue weighted by molar-refractivity contribution is 5.39. The monoisotopic (exact) mass is 215 g/mol. The van der Waals surface area contributed by atoms with E-state index in [0.717, 1.165) is 12.1 Å². The molecule has 3 nitrogen and oxygen atoms in total. The van der Waals surface area contributed by atoms with Crippen LogP contribution in [0.2, 0.25) is 0 Å². The van der Waals surface area contributed by atoms with Crippen molar-refractivity contribution in [3.63, 3.8) is 0 Å². The van der Waals surface area contributed by atoms with Crippen molar-refractivity contribution in [2.45, 2.75) is 26.3 Å². The Bertz CT molecular complexity index is 458. The minimum absolute atomic E-state index is 0.203. The summed E-state index contributed by atoms with van der Waals surface area (Å²) >= 11 is 0. The first-order chi connectivity index (χ1) is 7.66. The average Bonchev–Trinajstić information content (AvgIpc) is 2.73. The van der Waals surface area contributed by atoms with Crippen LogP contribution in [-0.2, 0) is 6.42 Å². The maximum atomic E-state index is 5.81. The van der Waals surface area contributed by atoms with Crippen LogP contribution >= 0.6 is 0 Å². The van der Waals surface area contributed by atoms with E-state index in [0.29, 0.717) is 0 Å². The first-order valence-corrected chi connectivity index (χ1v) is 5.52. The summed E-state index contributed by atoms with van der Waals surface area (Å²) in [5.74, 6) is 0. The minimum Gasteiger partial charge on any atom is -0.328 e. The Labute approximate surface area is 95.9 Å². The number of nitrogens with two attached hydrogens (primary N) is 1. The van der Waals surface area contributed by atoms with Gasteiger partial charge in [0, 0.05) is 18.4 Å². The second kappa shape index (κ2) is 4.49. The van der Waals surface area contributed by atoms with Crippen LogP contribution in [0.1, 0.15) is 18.1 Å². The second-order valence-corrected chi connectivity index (χ2v) is 4.24. The van der Waals surface area contributed by atoms with E-state index < -0.39 is 0 Å². The molecule has 16 heavy (non-hydrogen) atoms. The van der Waals surface area contributed by atoms with Crippen LogP contribution in [0.5, 0.6) is 0 Å². The molecule has 1 aromatic heterocycles. The fraction of sp³-hybridized carbons (Fsp3) is 0.308. The zero-order valence-electron chi connectivity index (χ0n) is 9.72. The average molecular weight is 215 g/mol. The zero-order valence-corrected chi connectivity index (χ0v) is 9.72. The van der Waals surface area contributed by atoms with Crippen LogP contribution in [0.25, 0.3) is 5.69 Å². The summed E-state index contributed by atoms with van der Waals surface area (Å²) in [5, 5.41) is 4.21. The zero-order chi connectivity index (χ0) is 11.5. The Morgan fingerprint density at radius 3 is 2.81 bits per heavy atom. The van der Waals surface area contributed by atoms with E-state index in [4.69, 9.17) is 5.73 Å². The topological polar surface area (TPSA) is 43.8 Å². The first kappa shape index (κ1) is 10.9. The lowest BCUT2D eigenvalue weighted by atomic mass is 10.0. The molecule has 2 aromatic rings. The molecule has 3 heteroatoms. The first-order valence-electron chi connectivity index (χ1n) is 5.52. The van der Waals surface area contributed by atoms with Gasteiger partial charge in [0.1, 0.15) is 0 Å². The lowest BCUT2D eigenvalue weighted by Gasteiger charge is -2.10. The third kappa shape index (κ3) is 2.31. The summed E-state index contributed by atoms with van der Waals surface area (Å²) in [4.78, 5) is 0. The van der Waals surface area contributed by atoms with Crippen molar-refractivity contribution in [3.8, 4) is 5.69 Å². The van der Waals surface area contributed by atoms with Crippen LogP contribution < -0.4 is 5.73 Å². The molecule has 0 radical (unpaired) electrons. The summed E-state index contributed by atoms with van der Waals surface area (Å²) in [7, 11) is 0. The van der Waals surface area contributed by atoms with Crippen LogP contribution in [0.15, 0.2) is 36.7 Å². The van der Waals surface area contributed by atoms with Gasteiger partial charge in [0.25, 0.3) is 0 Å². The molecule has 0 aliphatic carbocycles. The van der Waals surface area contributed by atoms with Gasteiger partial charge in [-0.1, -0.05) is 6.07 Å². The molecular weight excluding hydrogens is 198 g/mol. The predicted octanol–water partition coefficient (Wildman–Crippen LogP) is 2.07. The van der Waals surface area contributed by atoms with Gasteiger partial charge in [-0.2, -0.15) is 5.10 Å². The van der Waals surface area contributed by atoms with E-state index in [1.165, 1.54) is 11.1 Å². The Kier molecular flexibility index (Phi) is 3.06. The van der Waals surface area contributed by atoms with Gasteiger partial charge >= 0.3 is 0 Å². The van der Waals surface area contributed by atoms with Crippen molar-refractivity contribution in [1.82, 2.24) is 9.78 Å². The van der Waals surface area contributed by atoms with Crippen LogP contribution in [0.4, 0.5) is 0 Å². The standard InChI is InChI=1S/C13H17N3/c1-10-8-13(16-7-3-6-15-16)5-4-12(10)9-11(2)14/h3-8,11H,9,14H2,1-2H3. The fourth-order valence-electron chi connectivity index (χ4n) is 1.82. The largest absolute Gasteiger partial charge is 0.328 e. The van der Waals surface area contributed by atoms with Crippen molar-refractivity contribution in [2.24, 2.45) is 5.73 Å². The van der Waals surface area contributed by atoms with E-state index in [1.807, 2.05) is 23.9 Å². The summed E-state index contributed by atoms with van der Waals surface area (Å²) in [6.45, 7) is 4.14. The lowest BCUT2D eigenvalue weighted by Crippen LogP contribution is -2.18. The normalized spacial score (nSPS) is 12.7. The van der Waals surface area contributed by atoms with E-state index in [1.54, 1.807) is 6.20 Å². The molecule has 0 aliphatic rings. The van der Waals surface area contributed by atoms with Crippen molar-refractivity contribution in [2.75, 3.05) is 0 Å². The van der Waals surface area contributed by atoms with E-state index >= 15 is 0 Å². The SMILES string of the molecule is Cc1cc(-n2cccn2)ccc1CC(C)N. The number of benzene rings is 1. The molecule has 2 rings (SSSR count). The number of aromatic nitrogens is 2. The van der Waals surface area contributed by atoms with Gasteiger partial charge in [0.05, 0.1) is 5.69 Å². The summed E-state index contributed by atoms with van der Waals surface area (Å²) < 4.78 is 1.86. The quantitative estimate of drug-likeness (QED) is 0.851. The summed E-state index contributed by atoms with van der Waals surface area (Å²) in [6.07, 6.45) is 4.65. The third-order valence-corrected chi connectivity index (χ3v) is 2.64. The fourth-order valence-corrected chi connectivity index (χ4v) is 1.82. The molecule has 84 valence electrons. The number of hydrogen-bond donors (Lipinski definition) is 1. The molecule has 0 saturated carbocycles. The highest BCUT2D eigenvalue weighted by atomic mass is 15.3. The predicted molar refractivity (Wildman–Crippen MR) is 65.7 cm³/mol. The second-order valence-electron chi connectivity index (χ2n) is 4.24. The molecule has 0 bridgehead atoms. The van der Waals surface area contributed by atoms with Crippen LogP contribution in [0.3, 0.4) is 0 Å². The number of hydrogen-bond acceptors (Lipinski definition) is 2. The molecule has 1 atom stereocenters. The lowest BCUT2D eigenvalue weighted by molar-refractivity contribution is 0.734. The van der Waals surface area contributed by atoms with Gasteiger partial charge in [-0.3, -0.25) is 0 Å². The molecule has 0 aliphatic heterocycles. The van der Waals surface area contributed by atoms with Crippen molar-refractivity contribution < 1.29 is 0 Å². The molecule has 1 aromatic carbocycles. The molecule has 1 heterocycles. The van der Waals surface area contributed by atoms with E-state index in [-0.39, 0.29) is 6.04 Å². The number of rotatable bonds is 3. The van der Waals surface area contributed by atoms with Crippen LogP contribution in [0, 0.1) is 6.92 Å². The molecule has 0 amide bonds. The minimum atomic E-state index is 0.203. The molecule has 0 spiro atoms. The van der Waals surface area contributed by atoms with Crippen LogP contribution in [-0.4, -0.2) is 15.8 Å². The van der Waals surface area contributed by atoms with Gasteiger partial charge in [-0.25, -0.2) is 4.68 Å². The molecule has 0 saturated heterocycles. The summed E-state index contributed by atoms with van der Waals surface area (Å²) in [5.41, 5.74) is 9.48. The Morgan fingerprint density at radius 1 is 1.44 bits per heavy atom. The van der Waals surface area contributed by atoms with E-state index in [2.05, 4.69) is 30.2 Å². The van der Waals surface area contributed by atoms with Gasteiger partial charge in [-0.15, -0.1) is 0 Å². The van der Waals surface area contributed by atoms with E-state index in [9.17, 15) is 0 Å². The van der Waals surface area contributed by atoms with Gasteiger partial charge in [0.15, 0.2) is 0 Å². The highest BCUT2D eigenvalue weighted by Crippen LogP contribution is 2.15. The Morgan fingerprint density at radius 2 is 2.25 bits per heavy atom. The number of nitrogens with zero attached hydrogens (tertiary/aromatic N) is 2. The van der Waals surface area contributed by atoms with Gasteiger partial charge in [0.2, 0.25) is 0 Å². The third-order valence-electron chi connectivity index (χ3n) is 2.64. The molecule has 0 fully saturated rings. The van der Waals surface area contributed by atoms with Crippen molar-refractivity contribution in [1.29, 1.82) is 0 Å². The summed E-state index contributed by atoms with van der Waals surface area (Å²) in [6, 6.07) is 8.48. The number of aryl methyl sites for hydroxylation is 1. The van der Waals surface area contributed by atoms with Gasteiger partial charge < -0.3 is 5.73 Å². The maximum absolute atomic E-state index is 5.81. The van der Waals surface area contributed by atoms with Crippen molar-refractivity contribution in [3.05, 3.63) is 47.8 Å². The molecule has 2 N–H and O–H groups in total. The Hall–Kier alpha value is -1.61. The maximum Gasteiger partial charge on any atom is 0.0648 e. The molecular formula is C13H17N3. The smallest absolute Gasteiger partial charge is 0.0648 e. The Balaban J connectivity index is 2.29. The van der Waals surface area contributed by atoms with Crippen molar-refractivity contribution >= 4 is 0 Å². The van der Waals surface area contributed by atoms with Gasteiger partial charge in [-0.05, 0) is 49.6 Å².